The Kier molecular flexibility index (Phi) is 5.49. The summed E-state index contributed by atoms with van der Waals surface area (Å²) in [4.78, 5) is 13.5. The summed E-state index contributed by atoms with van der Waals surface area (Å²) < 4.78 is 0. The van der Waals surface area contributed by atoms with E-state index < -0.39 is 0 Å². The van der Waals surface area contributed by atoms with Gasteiger partial charge in [-0.05, 0) is 44.4 Å². The van der Waals surface area contributed by atoms with Gasteiger partial charge in [0.1, 0.15) is 0 Å². The van der Waals surface area contributed by atoms with Crippen molar-refractivity contribution in [3.63, 3.8) is 0 Å². The average Bonchev–Trinajstić information content (AvgIpc) is 2.30. The number of hydrogen-bond acceptors (Lipinski definition) is 1. The van der Waals surface area contributed by atoms with Crippen molar-refractivity contribution in [2.75, 3.05) is 7.05 Å². The number of rotatable bonds is 5. The maximum Gasteiger partial charge on any atom is 0.222 e. The van der Waals surface area contributed by atoms with Crippen LogP contribution in [0, 0.1) is 0 Å². The molecule has 0 aliphatic carbocycles. The molecule has 1 amide bonds. The van der Waals surface area contributed by atoms with Crippen LogP contribution in [0.4, 0.5) is 0 Å². The van der Waals surface area contributed by atoms with E-state index in [1.165, 1.54) is 5.56 Å². The standard InChI is InChI=1S/C14H20ClNO/c1-11(2)16(3)14(17)6-4-5-12-7-9-13(15)10-8-12/h7-11H,4-6H2,1-3H3. The van der Waals surface area contributed by atoms with Crippen molar-refractivity contribution in [1.29, 1.82) is 0 Å². The van der Waals surface area contributed by atoms with Crippen molar-refractivity contribution >= 4 is 17.5 Å². The number of carbonyl (C=O) groups excluding carboxylic acids is 1. The van der Waals surface area contributed by atoms with Gasteiger partial charge in [0.05, 0.1) is 0 Å². The Hall–Kier alpha value is -1.02. The highest BCUT2D eigenvalue weighted by atomic mass is 35.5. The third-order valence-corrected chi connectivity index (χ3v) is 3.19. The minimum Gasteiger partial charge on any atom is -0.343 e. The monoisotopic (exact) mass is 253 g/mol. The van der Waals surface area contributed by atoms with Gasteiger partial charge in [-0.1, -0.05) is 23.7 Å². The first-order chi connectivity index (χ1) is 8.00. The summed E-state index contributed by atoms with van der Waals surface area (Å²) in [6.07, 6.45) is 2.42. The first kappa shape index (κ1) is 14.0. The van der Waals surface area contributed by atoms with Crippen LogP contribution in [0.3, 0.4) is 0 Å². The molecule has 0 aliphatic heterocycles. The Bertz CT molecular complexity index is 359. The fourth-order valence-corrected chi connectivity index (χ4v) is 1.69. The molecule has 0 unspecified atom stereocenters. The lowest BCUT2D eigenvalue weighted by atomic mass is 10.1. The molecule has 0 atom stereocenters. The summed E-state index contributed by atoms with van der Waals surface area (Å²) in [5, 5.41) is 0.754. The number of halogens is 1. The third kappa shape index (κ3) is 4.78. The maximum atomic E-state index is 11.7. The molecular weight excluding hydrogens is 234 g/mol. The van der Waals surface area contributed by atoms with Gasteiger partial charge in [-0.2, -0.15) is 0 Å². The van der Waals surface area contributed by atoms with Gasteiger partial charge in [0.15, 0.2) is 0 Å². The van der Waals surface area contributed by atoms with E-state index in [1.807, 2.05) is 45.2 Å². The second-order valence-corrected chi connectivity index (χ2v) is 5.01. The van der Waals surface area contributed by atoms with Gasteiger partial charge in [0.25, 0.3) is 0 Å². The van der Waals surface area contributed by atoms with Gasteiger partial charge >= 0.3 is 0 Å². The van der Waals surface area contributed by atoms with Crippen LogP contribution >= 0.6 is 11.6 Å². The SMILES string of the molecule is CC(C)N(C)C(=O)CCCc1ccc(Cl)cc1. The van der Waals surface area contributed by atoms with Gasteiger partial charge < -0.3 is 4.90 Å². The first-order valence-corrected chi connectivity index (χ1v) is 6.38. The summed E-state index contributed by atoms with van der Waals surface area (Å²) in [6.45, 7) is 4.05. The van der Waals surface area contributed by atoms with Gasteiger partial charge in [0.2, 0.25) is 5.91 Å². The molecule has 1 rings (SSSR count). The topological polar surface area (TPSA) is 20.3 Å². The minimum absolute atomic E-state index is 0.217. The van der Waals surface area contributed by atoms with Crippen molar-refractivity contribution in [3.8, 4) is 0 Å². The highest BCUT2D eigenvalue weighted by molar-refractivity contribution is 6.30. The molecule has 0 saturated carbocycles. The van der Waals surface area contributed by atoms with Crippen LogP contribution in [-0.2, 0) is 11.2 Å². The number of amides is 1. The van der Waals surface area contributed by atoms with E-state index in [9.17, 15) is 4.79 Å². The Labute approximate surface area is 109 Å². The van der Waals surface area contributed by atoms with Crippen LogP contribution in [0.1, 0.15) is 32.3 Å². The molecule has 17 heavy (non-hydrogen) atoms. The van der Waals surface area contributed by atoms with Crippen molar-refractivity contribution in [3.05, 3.63) is 34.9 Å². The number of carbonyl (C=O) groups is 1. The van der Waals surface area contributed by atoms with E-state index in [2.05, 4.69) is 0 Å². The van der Waals surface area contributed by atoms with Gasteiger partial charge in [-0.15, -0.1) is 0 Å². The Morgan fingerprint density at radius 2 is 1.88 bits per heavy atom. The maximum absolute atomic E-state index is 11.7. The molecule has 1 aromatic rings. The van der Waals surface area contributed by atoms with Gasteiger partial charge in [-0.25, -0.2) is 0 Å². The molecule has 0 fully saturated rings. The smallest absolute Gasteiger partial charge is 0.222 e. The number of hydrogen-bond donors (Lipinski definition) is 0. The molecule has 0 aliphatic rings. The number of aryl methyl sites for hydroxylation is 1. The first-order valence-electron chi connectivity index (χ1n) is 6.01. The van der Waals surface area contributed by atoms with E-state index in [-0.39, 0.29) is 11.9 Å². The predicted octanol–water partition coefficient (Wildman–Crippen LogP) is 3.53. The highest BCUT2D eigenvalue weighted by Crippen LogP contribution is 2.12. The van der Waals surface area contributed by atoms with Crippen LogP contribution in [-0.4, -0.2) is 23.9 Å². The summed E-state index contributed by atoms with van der Waals surface area (Å²) in [5.41, 5.74) is 1.23. The number of nitrogens with zero attached hydrogens (tertiary/aromatic N) is 1. The van der Waals surface area contributed by atoms with Crippen LogP contribution in [0.25, 0.3) is 0 Å². The molecule has 0 bridgehead atoms. The second-order valence-electron chi connectivity index (χ2n) is 4.58. The molecule has 1 aromatic carbocycles. The Morgan fingerprint density at radius 3 is 2.41 bits per heavy atom. The van der Waals surface area contributed by atoms with Crippen molar-refractivity contribution in [2.24, 2.45) is 0 Å². The Morgan fingerprint density at radius 1 is 1.29 bits per heavy atom. The number of benzene rings is 1. The lowest BCUT2D eigenvalue weighted by Gasteiger charge is -2.21. The summed E-state index contributed by atoms with van der Waals surface area (Å²) in [5.74, 6) is 0.217. The molecule has 0 saturated heterocycles. The average molecular weight is 254 g/mol. The van der Waals surface area contributed by atoms with Crippen molar-refractivity contribution in [1.82, 2.24) is 4.90 Å². The zero-order valence-corrected chi connectivity index (χ0v) is 11.5. The van der Waals surface area contributed by atoms with Crippen LogP contribution < -0.4 is 0 Å². The molecule has 3 heteroatoms. The quantitative estimate of drug-likeness (QED) is 0.786. The van der Waals surface area contributed by atoms with Crippen molar-refractivity contribution < 1.29 is 4.79 Å². The predicted molar refractivity (Wildman–Crippen MR) is 72.3 cm³/mol. The molecule has 94 valence electrons. The molecule has 0 aromatic heterocycles. The van der Waals surface area contributed by atoms with E-state index in [4.69, 9.17) is 11.6 Å². The molecule has 0 heterocycles. The summed E-state index contributed by atoms with van der Waals surface area (Å²) >= 11 is 5.81. The van der Waals surface area contributed by atoms with Gasteiger partial charge in [-0.3, -0.25) is 4.79 Å². The van der Waals surface area contributed by atoms with Crippen LogP contribution in [0.2, 0.25) is 5.02 Å². The van der Waals surface area contributed by atoms with Crippen LogP contribution in [0.15, 0.2) is 24.3 Å². The fraction of sp³-hybridized carbons (Fsp3) is 0.500. The van der Waals surface area contributed by atoms with Crippen LogP contribution in [0.5, 0.6) is 0 Å². The molecule has 0 radical (unpaired) electrons. The van der Waals surface area contributed by atoms with E-state index in [0.717, 1.165) is 17.9 Å². The van der Waals surface area contributed by atoms with E-state index in [1.54, 1.807) is 4.90 Å². The van der Waals surface area contributed by atoms with E-state index in [0.29, 0.717) is 6.42 Å². The minimum atomic E-state index is 0.217. The Balaban J connectivity index is 2.33. The fourth-order valence-electron chi connectivity index (χ4n) is 1.56. The second kappa shape index (κ2) is 6.65. The molecular formula is C14H20ClNO. The largest absolute Gasteiger partial charge is 0.343 e. The zero-order valence-electron chi connectivity index (χ0n) is 10.7. The summed E-state index contributed by atoms with van der Waals surface area (Å²) in [6, 6.07) is 8.08. The lowest BCUT2D eigenvalue weighted by molar-refractivity contribution is -0.131. The normalized spacial score (nSPS) is 10.6. The lowest BCUT2D eigenvalue weighted by Crippen LogP contribution is -2.32. The van der Waals surface area contributed by atoms with E-state index >= 15 is 0 Å². The zero-order chi connectivity index (χ0) is 12.8. The molecule has 0 spiro atoms. The highest BCUT2D eigenvalue weighted by Gasteiger charge is 2.10. The third-order valence-electron chi connectivity index (χ3n) is 2.94. The van der Waals surface area contributed by atoms with Crippen molar-refractivity contribution in [2.45, 2.75) is 39.2 Å². The van der Waals surface area contributed by atoms with Gasteiger partial charge in [0, 0.05) is 24.5 Å². The molecule has 2 nitrogen and oxygen atoms in total. The summed E-state index contributed by atoms with van der Waals surface area (Å²) in [7, 11) is 1.86. The molecule has 0 N–H and O–H groups in total.